The SMILES string of the molecule is CCOP(=O)(OCC)[C@](O)(CC=O)c1ccc(Cl)cc1. The molecule has 7 heteroatoms. The second kappa shape index (κ2) is 7.34. The predicted octanol–water partition coefficient (Wildman–Crippen LogP) is 3.34. The van der Waals surface area contributed by atoms with Crippen LogP contribution in [0.2, 0.25) is 5.02 Å². The van der Waals surface area contributed by atoms with E-state index in [0.29, 0.717) is 11.3 Å². The first kappa shape index (κ1) is 17.3. The highest BCUT2D eigenvalue weighted by atomic mass is 35.5. The van der Waals surface area contributed by atoms with Crippen molar-refractivity contribution >= 4 is 25.5 Å². The smallest absolute Gasteiger partial charge is 0.366 e. The molecule has 0 saturated heterocycles. The fourth-order valence-electron chi connectivity index (χ4n) is 1.81. The molecule has 0 bridgehead atoms. The molecule has 0 aliphatic heterocycles. The molecule has 0 heterocycles. The molecule has 0 unspecified atom stereocenters. The molecule has 0 aromatic heterocycles. The van der Waals surface area contributed by atoms with Crippen molar-refractivity contribution in [3.05, 3.63) is 34.9 Å². The molecule has 0 spiro atoms. The number of benzene rings is 1. The molecule has 5 nitrogen and oxygen atoms in total. The Hall–Kier alpha value is -0.710. The summed E-state index contributed by atoms with van der Waals surface area (Å²) in [7, 11) is -3.91. The van der Waals surface area contributed by atoms with E-state index >= 15 is 0 Å². The van der Waals surface area contributed by atoms with Crippen molar-refractivity contribution in [1.29, 1.82) is 0 Å². The van der Waals surface area contributed by atoms with E-state index in [9.17, 15) is 14.5 Å². The number of halogens is 1. The third-order valence-corrected chi connectivity index (χ3v) is 5.52. The first-order valence-corrected chi connectivity index (χ1v) is 8.16. The summed E-state index contributed by atoms with van der Waals surface area (Å²) in [5.74, 6) is 0. The summed E-state index contributed by atoms with van der Waals surface area (Å²) in [4.78, 5) is 10.9. The van der Waals surface area contributed by atoms with Crippen molar-refractivity contribution in [3.63, 3.8) is 0 Å². The van der Waals surface area contributed by atoms with Gasteiger partial charge in [0.25, 0.3) is 0 Å². The molecule has 1 N–H and O–H groups in total. The van der Waals surface area contributed by atoms with Gasteiger partial charge in [0, 0.05) is 11.4 Å². The van der Waals surface area contributed by atoms with E-state index in [4.69, 9.17) is 20.6 Å². The highest BCUT2D eigenvalue weighted by Crippen LogP contribution is 2.64. The van der Waals surface area contributed by atoms with Gasteiger partial charge in [0.05, 0.1) is 13.2 Å². The molecule has 0 amide bonds. The van der Waals surface area contributed by atoms with Crippen molar-refractivity contribution in [1.82, 2.24) is 0 Å². The van der Waals surface area contributed by atoms with E-state index in [1.54, 1.807) is 13.8 Å². The van der Waals surface area contributed by atoms with Crippen LogP contribution in [0, 0.1) is 0 Å². The Morgan fingerprint density at radius 1 is 1.25 bits per heavy atom. The monoisotopic (exact) mass is 320 g/mol. The molecular weight excluding hydrogens is 303 g/mol. The van der Waals surface area contributed by atoms with Crippen molar-refractivity contribution in [3.8, 4) is 0 Å². The van der Waals surface area contributed by atoms with Gasteiger partial charge in [-0.25, -0.2) is 0 Å². The van der Waals surface area contributed by atoms with Crippen LogP contribution in [0.4, 0.5) is 0 Å². The lowest BCUT2D eigenvalue weighted by atomic mass is 10.1. The Morgan fingerprint density at radius 3 is 2.15 bits per heavy atom. The number of hydrogen-bond acceptors (Lipinski definition) is 5. The van der Waals surface area contributed by atoms with Gasteiger partial charge in [-0.2, -0.15) is 0 Å². The topological polar surface area (TPSA) is 72.8 Å². The molecule has 0 aliphatic rings. The molecule has 1 atom stereocenters. The van der Waals surface area contributed by atoms with Crippen molar-refractivity contribution < 1.29 is 23.5 Å². The zero-order valence-corrected chi connectivity index (χ0v) is 13.1. The van der Waals surface area contributed by atoms with Gasteiger partial charge in [-0.05, 0) is 31.5 Å². The zero-order valence-electron chi connectivity index (χ0n) is 11.4. The van der Waals surface area contributed by atoms with Gasteiger partial charge in [-0.15, -0.1) is 0 Å². The normalized spacial score (nSPS) is 14.8. The molecule has 1 rings (SSSR count). The van der Waals surface area contributed by atoms with Crippen LogP contribution in [0.25, 0.3) is 0 Å². The Kier molecular flexibility index (Phi) is 6.37. The van der Waals surface area contributed by atoms with E-state index in [2.05, 4.69) is 0 Å². The highest BCUT2D eigenvalue weighted by molar-refractivity contribution is 7.55. The van der Waals surface area contributed by atoms with Crippen LogP contribution in [0.15, 0.2) is 24.3 Å². The predicted molar refractivity (Wildman–Crippen MR) is 76.9 cm³/mol. The quantitative estimate of drug-likeness (QED) is 0.587. The molecule has 0 aliphatic carbocycles. The number of rotatable bonds is 8. The van der Waals surface area contributed by atoms with E-state index in [0.717, 1.165) is 0 Å². The van der Waals surface area contributed by atoms with Gasteiger partial charge < -0.3 is 18.9 Å². The zero-order chi connectivity index (χ0) is 15.2. The fraction of sp³-hybridized carbons (Fsp3) is 0.462. The molecule has 0 radical (unpaired) electrons. The van der Waals surface area contributed by atoms with Crippen LogP contribution in [-0.4, -0.2) is 24.6 Å². The first-order valence-electron chi connectivity index (χ1n) is 6.24. The lowest BCUT2D eigenvalue weighted by molar-refractivity contribution is -0.111. The Labute approximate surface area is 123 Å². The van der Waals surface area contributed by atoms with E-state index in [1.165, 1.54) is 24.3 Å². The average Bonchev–Trinajstić information content (AvgIpc) is 2.40. The maximum absolute atomic E-state index is 12.8. The van der Waals surface area contributed by atoms with Crippen molar-refractivity contribution in [2.75, 3.05) is 13.2 Å². The van der Waals surface area contributed by atoms with Crippen LogP contribution in [0.3, 0.4) is 0 Å². The molecule has 0 fully saturated rings. The minimum atomic E-state index is -3.91. The Bertz CT molecular complexity index is 480. The summed E-state index contributed by atoms with van der Waals surface area (Å²) in [6.07, 6.45) is 0.0885. The number of carbonyl (C=O) groups is 1. The van der Waals surface area contributed by atoms with Crippen molar-refractivity contribution in [2.45, 2.75) is 25.6 Å². The van der Waals surface area contributed by atoms with Gasteiger partial charge in [0.2, 0.25) is 0 Å². The third-order valence-electron chi connectivity index (χ3n) is 2.73. The lowest BCUT2D eigenvalue weighted by Crippen LogP contribution is -2.29. The largest absolute Gasteiger partial charge is 0.373 e. The summed E-state index contributed by atoms with van der Waals surface area (Å²) in [5.41, 5.74) is 0.263. The van der Waals surface area contributed by atoms with Crippen LogP contribution < -0.4 is 0 Å². The first-order chi connectivity index (χ1) is 9.43. The molecule has 0 saturated carbocycles. The molecule has 112 valence electrons. The standard InChI is InChI=1S/C13H18ClO5P/c1-3-18-20(17,19-4-2)13(16,9-10-15)11-5-7-12(14)8-6-11/h5-8,10,16H,3-4,9H2,1-2H3/t13-/m1/s1. The van der Waals surface area contributed by atoms with Crippen molar-refractivity contribution in [2.24, 2.45) is 0 Å². The fourth-order valence-corrected chi connectivity index (χ4v) is 3.88. The van der Waals surface area contributed by atoms with Crippen LogP contribution in [-0.2, 0) is 23.7 Å². The van der Waals surface area contributed by atoms with E-state index in [1.807, 2.05) is 0 Å². The van der Waals surface area contributed by atoms with Gasteiger partial charge in [-0.3, -0.25) is 4.57 Å². The molecule has 1 aromatic carbocycles. The molecular formula is C13H18ClO5P. The second-order valence-corrected chi connectivity index (χ2v) is 6.71. The van der Waals surface area contributed by atoms with Crippen LogP contribution in [0.5, 0.6) is 0 Å². The third kappa shape index (κ3) is 3.48. The maximum atomic E-state index is 12.8. The molecule has 1 aromatic rings. The van der Waals surface area contributed by atoms with Gasteiger partial charge in [-0.1, -0.05) is 23.7 Å². The maximum Gasteiger partial charge on any atom is 0.366 e. The second-order valence-electron chi connectivity index (χ2n) is 4.03. The van der Waals surface area contributed by atoms with E-state index in [-0.39, 0.29) is 18.8 Å². The summed E-state index contributed by atoms with van der Waals surface area (Å²) in [6.45, 7) is 3.45. The van der Waals surface area contributed by atoms with Gasteiger partial charge >= 0.3 is 7.60 Å². The molecule has 20 heavy (non-hydrogen) atoms. The number of aliphatic hydroxyl groups is 1. The Balaban J connectivity index is 3.34. The summed E-state index contributed by atoms with van der Waals surface area (Å²) in [5, 5.41) is 9.21. The van der Waals surface area contributed by atoms with Crippen LogP contribution >= 0.6 is 19.2 Å². The number of hydrogen-bond donors (Lipinski definition) is 1. The van der Waals surface area contributed by atoms with Gasteiger partial charge in [0.15, 0.2) is 5.34 Å². The Morgan fingerprint density at radius 2 is 1.75 bits per heavy atom. The number of carbonyl (C=O) groups excluding carboxylic acids is 1. The number of aldehydes is 1. The summed E-state index contributed by atoms with van der Waals surface area (Å²) >= 11 is 5.79. The van der Waals surface area contributed by atoms with Crippen LogP contribution in [0.1, 0.15) is 25.8 Å². The van der Waals surface area contributed by atoms with Gasteiger partial charge in [0.1, 0.15) is 6.29 Å². The highest BCUT2D eigenvalue weighted by Gasteiger charge is 2.50. The average molecular weight is 321 g/mol. The van der Waals surface area contributed by atoms with E-state index < -0.39 is 19.4 Å². The summed E-state index contributed by atoms with van der Waals surface area (Å²) < 4.78 is 23.2. The summed E-state index contributed by atoms with van der Waals surface area (Å²) in [6, 6.07) is 6.07. The minimum Gasteiger partial charge on any atom is -0.373 e. The minimum absolute atomic E-state index is 0.0893. The lowest BCUT2D eigenvalue weighted by Gasteiger charge is -2.33.